The number of ketones is 1. The SMILES string of the molecule is CCCCCCCCCCCCCCCC(=O)NCC(=O)C(=O)OCCN1CCCCC1. The Labute approximate surface area is 196 Å². The maximum atomic E-state index is 11.9. The van der Waals surface area contributed by atoms with Crippen LogP contribution in [-0.2, 0) is 19.1 Å². The summed E-state index contributed by atoms with van der Waals surface area (Å²) in [5.74, 6) is -1.69. The van der Waals surface area contributed by atoms with E-state index in [1.807, 2.05) is 0 Å². The zero-order valence-corrected chi connectivity index (χ0v) is 20.6. The van der Waals surface area contributed by atoms with Crippen molar-refractivity contribution in [1.82, 2.24) is 10.2 Å². The predicted molar refractivity (Wildman–Crippen MR) is 130 cm³/mol. The third-order valence-corrected chi connectivity index (χ3v) is 6.27. The van der Waals surface area contributed by atoms with Crippen LogP contribution in [0.25, 0.3) is 0 Å². The second kappa shape index (κ2) is 20.2. The van der Waals surface area contributed by atoms with E-state index in [0.717, 1.165) is 32.4 Å². The van der Waals surface area contributed by atoms with Gasteiger partial charge in [-0.25, -0.2) is 4.79 Å². The number of hydrogen-bond donors (Lipinski definition) is 1. The number of ether oxygens (including phenoxy) is 1. The minimum Gasteiger partial charge on any atom is -0.459 e. The first-order valence-electron chi connectivity index (χ1n) is 13.3. The van der Waals surface area contributed by atoms with Gasteiger partial charge in [0.1, 0.15) is 6.61 Å². The molecule has 0 aromatic rings. The second-order valence-corrected chi connectivity index (χ2v) is 9.23. The summed E-state index contributed by atoms with van der Waals surface area (Å²) in [6, 6.07) is 0. The molecule has 6 nitrogen and oxygen atoms in total. The van der Waals surface area contributed by atoms with Crippen LogP contribution >= 0.6 is 0 Å². The number of nitrogens with one attached hydrogen (secondary N) is 1. The molecule has 0 bridgehead atoms. The highest BCUT2D eigenvalue weighted by atomic mass is 16.5. The van der Waals surface area contributed by atoms with Gasteiger partial charge in [0.15, 0.2) is 0 Å². The summed E-state index contributed by atoms with van der Waals surface area (Å²) in [5.41, 5.74) is 0. The molecule has 0 radical (unpaired) electrons. The molecule has 1 N–H and O–H groups in total. The van der Waals surface area contributed by atoms with Crippen molar-refractivity contribution in [2.45, 2.75) is 116 Å². The summed E-state index contributed by atoms with van der Waals surface area (Å²) >= 11 is 0. The summed E-state index contributed by atoms with van der Waals surface area (Å²) in [4.78, 5) is 37.7. The Hall–Kier alpha value is -1.43. The largest absolute Gasteiger partial charge is 0.459 e. The van der Waals surface area contributed by atoms with Crippen LogP contribution < -0.4 is 5.32 Å². The highest BCUT2D eigenvalue weighted by Gasteiger charge is 2.17. The normalized spacial score (nSPS) is 14.3. The monoisotopic (exact) mass is 452 g/mol. The molecule has 0 saturated carbocycles. The maximum absolute atomic E-state index is 11.9. The Bertz CT molecular complexity index is 504. The van der Waals surface area contributed by atoms with E-state index in [0.29, 0.717) is 13.0 Å². The number of carbonyl (C=O) groups excluding carboxylic acids is 3. The smallest absolute Gasteiger partial charge is 0.376 e. The fourth-order valence-corrected chi connectivity index (χ4v) is 4.17. The lowest BCUT2D eigenvalue weighted by atomic mass is 10.0. The van der Waals surface area contributed by atoms with Gasteiger partial charge in [-0.2, -0.15) is 0 Å². The van der Waals surface area contributed by atoms with Crippen LogP contribution in [0, 0.1) is 0 Å². The Morgan fingerprint density at radius 2 is 1.28 bits per heavy atom. The molecule has 1 saturated heterocycles. The molecule has 0 aromatic heterocycles. The summed E-state index contributed by atoms with van der Waals surface area (Å²) in [6.07, 6.45) is 20.5. The third-order valence-electron chi connectivity index (χ3n) is 6.27. The van der Waals surface area contributed by atoms with E-state index in [1.165, 1.54) is 83.5 Å². The van der Waals surface area contributed by atoms with E-state index in [1.54, 1.807) is 0 Å². The molecule has 186 valence electrons. The minimum atomic E-state index is -0.844. The molecule has 1 rings (SSSR count). The van der Waals surface area contributed by atoms with Crippen LogP contribution in [0.4, 0.5) is 0 Å². The van der Waals surface area contributed by atoms with Crippen molar-refractivity contribution < 1.29 is 19.1 Å². The maximum Gasteiger partial charge on any atom is 0.376 e. The molecule has 0 atom stereocenters. The van der Waals surface area contributed by atoms with Gasteiger partial charge in [0.2, 0.25) is 5.91 Å². The molecule has 1 fully saturated rings. The average molecular weight is 453 g/mol. The second-order valence-electron chi connectivity index (χ2n) is 9.23. The standard InChI is InChI=1S/C26H48N2O4/c1-2-3-4-5-6-7-8-9-10-11-12-13-15-18-25(30)27-23-24(29)26(31)32-22-21-28-19-16-14-17-20-28/h2-23H2,1H3,(H,27,30). The average Bonchev–Trinajstić information content (AvgIpc) is 2.81. The van der Waals surface area contributed by atoms with Crippen molar-refractivity contribution in [3.63, 3.8) is 0 Å². The molecular weight excluding hydrogens is 404 g/mol. The number of Topliss-reactive ketones (excluding diaryl/α,β-unsaturated/α-hetero) is 1. The van der Waals surface area contributed by atoms with Crippen LogP contribution in [0.2, 0.25) is 0 Å². The van der Waals surface area contributed by atoms with Gasteiger partial charge in [-0.05, 0) is 32.4 Å². The first-order chi connectivity index (χ1) is 15.6. The van der Waals surface area contributed by atoms with Crippen molar-refractivity contribution in [2.75, 3.05) is 32.8 Å². The number of rotatable bonds is 20. The molecule has 6 heteroatoms. The summed E-state index contributed by atoms with van der Waals surface area (Å²) < 4.78 is 5.04. The Balaban J connectivity index is 1.87. The van der Waals surface area contributed by atoms with E-state index < -0.39 is 11.8 Å². The molecule has 0 unspecified atom stereocenters. The van der Waals surface area contributed by atoms with Crippen LogP contribution in [0.1, 0.15) is 116 Å². The van der Waals surface area contributed by atoms with Crippen LogP contribution in [0.15, 0.2) is 0 Å². The van der Waals surface area contributed by atoms with Gasteiger partial charge in [0.05, 0.1) is 6.54 Å². The fourth-order valence-electron chi connectivity index (χ4n) is 4.17. The van der Waals surface area contributed by atoms with E-state index in [9.17, 15) is 14.4 Å². The number of piperidine rings is 1. The highest BCUT2D eigenvalue weighted by molar-refractivity contribution is 6.34. The predicted octanol–water partition coefficient (Wildman–Crippen LogP) is 5.18. The topological polar surface area (TPSA) is 75.7 Å². The van der Waals surface area contributed by atoms with Gasteiger partial charge in [-0.1, -0.05) is 90.4 Å². The van der Waals surface area contributed by atoms with E-state index >= 15 is 0 Å². The van der Waals surface area contributed by atoms with Crippen LogP contribution in [0.5, 0.6) is 0 Å². The lowest BCUT2D eigenvalue weighted by molar-refractivity contribution is -0.154. The number of amides is 1. The molecule has 1 amide bonds. The number of likely N-dealkylation sites (tertiary alicyclic amines) is 1. The van der Waals surface area contributed by atoms with Crippen LogP contribution in [0.3, 0.4) is 0 Å². The minimum absolute atomic E-state index is 0.164. The Kier molecular flexibility index (Phi) is 18.1. The molecular formula is C26H48N2O4. The zero-order chi connectivity index (χ0) is 23.3. The van der Waals surface area contributed by atoms with Gasteiger partial charge < -0.3 is 10.1 Å². The summed E-state index contributed by atoms with van der Waals surface area (Å²) in [6.45, 7) is 4.95. The molecule has 1 aliphatic heterocycles. The van der Waals surface area contributed by atoms with Gasteiger partial charge in [-0.15, -0.1) is 0 Å². The number of esters is 1. The van der Waals surface area contributed by atoms with Crippen molar-refractivity contribution >= 4 is 17.7 Å². The number of nitrogens with zero attached hydrogens (tertiary/aromatic N) is 1. The molecule has 1 heterocycles. The molecule has 1 aliphatic rings. The highest BCUT2D eigenvalue weighted by Crippen LogP contribution is 2.13. The Morgan fingerprint density at radius 1 is 0.750 bits per heavy atom. The number of carbonyl (C=O) groups is 3. The van der Waals surface area contributed by atoms with Crippen molar-refractivity contribution in [1.29, 1.82) is 0 Å². The lowest BCUT2D eigenvalue weighted by Gasteiger charge is -2.25. The molecule has 0 aromatic carbocycles. The molecule has 0 spiro atoms. The van der Waals surface area contributed by atoms with Crippen molar-refractivity contribution in [3.05, 3.63) is 0 Å². The molecule has 32 heavy (non-hydrogen) atoms. The first-order valence-corrected chi connectivity index (χ1v) is 13.3. The third kappa shape index (κ3) is 16.2. The van der Waals surface area contributed by atoms with Crippen molar-refractivity contribution in [3.8, 4) is 0 Å². The number of unbranched alkanes of at least 4 members (excludes halogenated alkanes) is 12. The van der Waals surface area contributed by atoms with Gasteiger partial charge in [0.25, 0.3) is 5.78 Å². The van der Waals surface area contributed by atoms with E-state index in [4.69, 9.17) is 4.74 Å². The van der Waals surface area contributed by atoms with E-state index in [-0.39, 0.29) is 19.1 Å². The first kappa shape index (κ1) is 28.6. The van der Waals surface area contributed by atoms with Crippen molar-refractivity contribution in [2.24, 2.45) is 0 Å². The van der Waals surface area contributed by atoms with Gasteiger partial charge in [-0.3, -0.25) is 14.5 Å². The number of hydrogen-bond acceptors (Lipinski definition) is 5. The van der Waals surface area contributed by atoms with Gasteiger partial charge in [0, 0.05) is 13.0 Å². The fraction of sp³-hybridized carbons (Fsp3) is 0.885. The Morgan fingerprint density at radius 3 is 1.84 bits per heavy atom. The summed E-state index contributed by atoms with van der Waals surface area (Å²) in [7, 11) is 0. The zero-order valence-electron chi connectivity index (χ0n) is 20.6. The quantitative estimate of drug-likeness (QED) is 0.156. The summed E-state index contributed by atoms with van der Waals surface area (Å²) in [5, 5.41) is 2.55. The lowest BCUT2D eigenvalue weighted by Crippen LogP contribution is -2.36. The van der Waals surface area contributed by atoms with Crippen LogP contribution in [-0.4, -0.2) is 55.3 Å². The van der Waals surface area contributed by atoms with Gasteiger partial charge >= 0.3 is 5.97 Å². The van der Waals surface area contributed by atoms with E-state index in [2.05, 4.69) is 17.1 Å². The molecule has 0 aliphatic carbocycles.